The molecule has 0 saturated carbocycles. The van der Waals surface area contributed by atoms with Crippen molar-refractivity contribution in [3.05, 3.63) is 72.9 Å². The van der Waals surface area contributed by atoms with E-state index in [1.807, 2.05) is 19.1 Å². The second kappa shape index (κ2) is 15.7. The lowest BCUT2D eigenvalue weighted by Gasteiger charge is -2.10. The van der Waals surface area contributed by atoms with Gasteiger partial charge in [-0.1, -0.05) is 66.8 Å². The van der Waals surface area contributed by atoms with E-state index in [2.05, 4.69) is 0 Å². The fraction of sp³-hybridized carbons (Fsp3) is 0.458. The Morgan fingerprint density at radius 2 is 1.52 bits per heavy atom. The number of allylic oxidation sites excluding steroid dienone is 7. The standard InChI is InChI=1S/C24H34O5/c1-20-13-7-3-2-4-8-16-22(26)19-23(27)17-11-5-9-14-21(25)15-10-6-12-18-24(28)29-20/h2,4-6,8-12,14,16,18,20-23,25-27H,3,7,13,15,17,19H2,1H3/b4-2+,10-6+,11-5-,14-9+,16-8+,18-12-/t20-,21-,22-,23-/m0/s1. The molecule has 3 N–H and O–H groups in total. The maximum atomic E-state index is 11.7. The van der Waals surface area contributed by atoms with Crippen molar-refractivity contribution in [2.45, 2.75) is 69.9 Å². The van der Waals surface area contributed by atoms with E-state index in [9.17, 15) is 20.1 Å². The van der Waals surface area contributed by atoms with Crippen molar-refractivity contribution < 1.29 is 24.9 Å². The molecule has 5 heteroatoms. The van der Waals surface area contributed by atoms with Gasteiger partial charge >= 0.3 is 5.97 Å². The quantitative estimate of drug-likeness (QED) is 0.538. The van der Waals surface area contributed by atoms with Gasteiger partial charge in [0.15, 0.2) is 0 Å². The van der Waals surface area contributed by atoms with Crippen LogP contribution in [0.2, 0.25) is 0 Å². The Morgan fingerprint density at radius 3 is 2.31 bits per heavy atom. The van der Waals surface area contributed by atoms with Crippen LogP contribution in [0, 0.1) is 0 Å². The first-order valence-electron chi connectivity index (χ1n) is 10.2. The number of aliphatic hydroxyl groups excluding tert-OH is 3. The predicted molar refractivity (Wildman–Crippen MR) is 116 cm³/mol. The van der Waals surface area contributed by atoms with Crippen LogP contribution in [0.15, 0.2) is 72.9 Å². The number of aliphatic hydroxyl groups is 3. The molecule has 0 bridgehead atoms. The summed E-state index contributed by atoms with van der Waals surface area (Å²) in [6.07, 6.45) is 22.2. The van der Waals surface area contributed by atoms with Gasteiger partial charge in [0.2, 0.25) is 0 Å². The summed E-state index contributed by atoms with van der Waals surface area (Å²) >= 11 is 0. The lowest BCUT2D eigenvalue weighted by Crippen LogP contribution is -2.14. The van der Waals surface area contributed by atoms with E-state index in [1.165, 1.54) is 6.08 Å². The Balaban J connectivity index is 2.66. The first-order chi connectivity index (χ1) is 14.0. The van der Waals surface area contributed by atoms with E-state index < -0.39 is 18.3 Å². The summed E-state index contributed by atoms with van der Waals surface area (Å²) in [5.74, 6) is -0.378. The third-order valence-corrected chi connectivity index (χ3v) is 4.24. The lowest BCUT2D eigenvalue weighted by molar-refractivity contribution is -0.142. The number of carbonyl (C=O) groups excluding carboxylic acids is 1. The summed E-state index contributed by atoms with van der Waals surface area (Å²) in [7, 11) is 0. The molecule has 0 spiro atoms. The van der Waals surface area contributed by atoms with Crippen LogP contribution in [0.1, 0.15) is 45.4 Å². The maximum Gasteiger partial charge on any atom is 0.331 e. The highest BCUT2D eigenvalue weighted by Gasteiger charge is 2.07. The average molecular weight is 403 g/mol. The second-order valence-electron chi connectivity index (χ2n) is 7.09. The number of cyclic esters (lactones) is 1. The fourth-order valence-corrected chi connectivity index (χ4v) is 2.66. The number of hydrogen-bond donors (Lipinski definition) is 3. The fourth-order valence-electron chi connectivity index (χ4n) is 2.66. The Kier molecular flexibility index (Phi) is 13.4. The summed E-state index contributed by atoms with van der Waals surface area (Å²) in [5, 5.41) is 29.8. The van der Waals surface area contributed by atoms with E-state index in [0.717, 1.165) is 19.3 Å². The first-order valence-corrected chi connectivity index (χ1v) is 10.2. The smallest absolute Gasteiger partial charge is 0.331 e. The summed E-state index contributed by atoms with van der Waals surface area (Å²) < 4.78 is 5.31. The summed E-state index contributed by atoms with van der Waals surface area (Å²) in [6.45, 7) is 1.87. The molecular formula is C24H34O5. The number of rotatable bonds is 0. The van der Waals surface area contributed by atoms with Crippen LogP contribution in [0.4, 0.5) is 0 Å². The van der Waals surface area contributed by atoms with E-state index in [-0.39, 0.29) is 18.5 Å². The van der Waals surface area contributed by atoms with E-state index in [4.69, 9.17) is 4.74 Å². The van der Waals surface area contributed by atoms with Crippen LogP contribution in [0.25, 0.3) is 0 Å². The van der Waals surface area contributed by atoms with Crippen molar-refractivity contribution in [3.8, 4) is 0 Å². The molecule has 0 fully saturated rings. The molecule has 0 amide bonds. The lowest BCUT2D eigenvalue weighted by atomic mass is 10.1. The molecule has 29 heavy (non-hydrogen) atoms. The maximum absolute atomic E-state index is 11.7. The van der Waals surface area contributed by atoms with Crippen molar-refractivity contribution in [1.82, 2.24) is 0 Å². The van der Waals surface area contributed by atoms with Gasteiger partial charge in [0.25, 0.3) is 0 Å². The Morgan fingerprint density at radius 1 is 0.862 bits per heavy atom. The third kappa shape index (κ3) is 14.4. The van der Waals surface area contributed by atoms with Crippen LogP contribution in [0.3, 0.4) is 0 Å². The van der Waals surface area contributed by atoms with Gasteiger partial charge in [-0.15, -0.1) is 0 Å². The van der Waals surface area contributed by atoms with Crippen molar-refractivity contribution in [2.75, 3.05) is 0 Å². The molecule has 5 nitrogen and oxygen atoms in total. The van der Waals surface area contributed by atoms with Gasteiger partial charge < -0.3 is 20.1 Å². The number of ether oxygens (including phenoxy) is 1. The molecule has 160 valence electrons. The molecular weight excluding hydrogens is 368 g/mol. The molecule has 0 unspecified atom stereocenters. The van der Waals surface area contributed by atoms with Crippen molar-refractivity contribution in [3.63, 3.8) is 0 Å². The Labute approximate surface area is 174 Å². The van der Waals surface area contributed by atoms with Crippen LogP contribution in [-0.2, 0) is 9.53 Å². The molecule has 0 aliphatic carbocycles. The van der Waals surface area contributed by atoms with Crippen molar-refractivity contribution in [1.29, 1.82) is 0 Å². The average Bonchev–Trinajstić information content (AvgIpc) is 2.65. The van der Waals surface area contributed by atoms with Crippen molar-refractivity contribution in [2.24, 2.45) is 0 Å². The normalized spacial score (nSPS) is 35.4. The molecule has 0 radical (unpaired) electrons. The zero-order valence-corrected chi connectivity index (χ0v) is 17.1. The van der Waals surface area contributed by atoms with Gasteiger partial charge in [-0.05, 0) is 39.0 Å². The SMILES string of the molecule is C[C@H]1CCC/C=C/C=C/[C@H](O)C[C@@H](O)C/C=C\C=C\[C@H](O)C/C=C/C=C\C(=O)O1. The highest BCUT2D eigenvalue weighted by molar-refractivity contribution is 5.82. The Hall–Kier alpha value is -2.21. The Bertz CT molecular complexity index is 627. The number of carbonyl (C=O) groups is 1. The highest BCUT2D eigenvalue weighted by Crippen LogP contribution is 2.08. The molecule has 0 saturated heterocycles. The molecule has 1 aliphatic heterocycles. The molecule has 0 aromatic heterocycles. The largest absolute Gasteiger partial charge is 0.460 e. The second-order valence-corrected chi connectivity index (χ2v) is 7.09. The summed E-state index contributed by atoms with van der Waals surface area (Å²) in [5.41, 5.74) is 0. The van der Waals surface area contributed by atoms with Gasteiger partial charge in [0.1, 0.15) is 0 Å². The van der Waals surface area contributed by atoms with Gasteiger partial charge in [0, 0.05) is 12.5 Å². The monoisotopic (exact) mass is 402 g/mol. The molecule has 1 heterocycles. The molecule has 0 aromatic carbocycles. The minimum atomic E-state index is -0.703. The van der Waals surface area contributed by atoms with Crippen LogP contribution in [0.5, 0.6) is 0 Å². The van der Waals surface area contributed by atoms with Gasteiger partial charge in [-0.25, -0.2) is 4.79 Å². The number of esters is 1. The highest BCUT2D eigenvalue weighted by atomic mass is 16.5. The molecule has 4 atom stereocenters. The van der Waals surface area contributed by atoms with Crippen molar-refractivity contribution >= 4 is 5.97 Å². The van der Waals surface area contributed by atoms with Gasteiger partial charge in [0.05, 0.1) is 24.4 Å². The minimum absolute atomic E-state index is 0.158. The third-order valence-electron chi connectivity index (χ3n) is 4.24. The molecule has 0 aromatic rings. The van der Waals surface area contributed by atoms with E-state index in [1.54, 1.807) is 54.7 Å². The summed E-state index contributed by atoms with van der Waals surface area (Å²) in [6, 6.07) is 0. The molecule has 1 rings (SSSR count). The topological polar surface area (TPSA) is 87.0 Å². The molecule has 1 aliphatic rings. The van der Waals surface area contributed by atoms with Gasteiger partial charge in [-0.2, -0.15) is 0 Å². The predicted octanol–water partition coefficient (Wildman–Crippen LogP) is 3.69. The van der Waals surface area contributed by atoms with Crippen LogP contribution < -0.4 is 0 Å². The van der Waals surface area contributed by atoms with Crippen LogP contribution >= 0.6 is 0 Å². The zero-order valence-electron chi connectivity index (χ0n) is 17.1. The van der Waals surface area contributed by atoms with E-state index >= 15 is 0 Å². The number of hydrogen-bond acceptors (Lipinski definition) is 5. The van der Waals surface area contributed by atoms with E-state index in [0.29, 0.717) is 12.8 Å². The first kappa shape index (κ1) is 24.8. The van der Waals surface area contributed by atoms with Gasteiger partial charge in [-0.3, -0.25) is 0 Å². The zero-order chi connectivity index (χ0) is 21.3. The van der Waals surface area contributed by atoms with Crippen LogP contribution in [-0.4, -0.2) is 45.7 Å². The summed E-state index contributed by atoms with van der Waals surface area (Å²) in [4.78, 5) is 11.7. The minimum Gasteiger partial charge on any atom is -0.460 e.